The van der Waals surface area contributed by atoms with Crippen LogP contribution in [0.2, 0.25) is 0 Å². The molecule has 2 aromatic rings. The summed E-state index contributed by atoms with van der Waals surface area (Å²) in [6, 6.07) is 16.2. The van der Waals surface area contributed by atoms with Crippen LogP contribution < -0.4 is 4.90 Å². The first-order valence-electron chi connectivity index (χ1n) is 8.99. The number of rotatable bonds is 2. The lowest BCUT2D eigenvalue weighted by atomic mass is 9.88. The van der Waals surface area contributed by atoms with Gasteiger partial charge in [-0.05, 0) is 44.0 Å². The summed E-state index contributed by atoms with van der Waals surface area (Å²) in [5.41, 5.74) is 3.36. The number of amides is 1. The molecule has 1 spiro atoms. The molecule has 0 radical (unpaired) electrons. The number of anilines is 1. The molecule has 26 heavy (non-hydrogen) atoms. The van der Waals surface area contributed by atoms with E-state index in [2.05, 4.69) is 28.9 Å². The number of hydrogen-bond acceptors (Lipinski definition) is 2. The Hall–Kier alpha value is -1.91. The van der Waals surface area contributed by atoms with Gasteiger partial charge in [-0.2, -0.15) is 0 Å². The van der Waals surface area contributed by atoms with Gasteiger partial charge in [-0.25, -0.2) is 0 Å². The van der Waals surface area contributed by atoms with Crippen LogP contribution in [0.5, 0.6) is 0 Å². The maximum atomic E-state index is 13.6. The van der Waals surface area contributed by atoms with Gasteiger partial charge in [0.2, 0.25) is 0 Å². The van der Waals surface area contributed by atoms with Gasteiger partial charge in [-0.3, -0.25) is 4.79 Å². The van der Waals surface area contributed by atoms with Crippen molar-refractivity contribution in [2.75, 3.05) is 4.90 Å². The summed E-state index contributed by atoms with van der Waals surface area (Å²) < 4.78 is 7.44. The zero-order chi connectivity index (χ0) is 18.3. The third-order valence-electron chi connectivity index (χ3n) is 5.20. The van der Waals surface area contributed by atoms with E-state index in [1.54, 1.807) is 0 Å². The van der Waals surface area contributed by atoms with Crippen LogP contribution >= 0.6 is 15.9 Å². The first kappa shape index (κ1) is 17.5. The molecule has 0 aromatic heterocycles. The Labute approximate surface area is 162 Å². The standard InChI is InChI=1S/C22H22BrNO2/c1-15-7-8-16(2)26-22(13-15)19-5-3-4-6-20(19)24(21(22)25)14-17-9-11-18(23)12-10-17/h3-7,9-12,16H,8,13-14H2,1-2H3. The Kier molecular flexibility index (Phi) is 4.49. The summed E-state index contributed by atoms with van der Waals surface area (Å²) in [5.74, 6) is 0.0446. The summed E-state index contributed by atoms with van der Waals surface area (Å²) in [6.45, 7) is 4.69. The molecule has 4 rings (SSSR count). The molecule has 0 bridgehead atoms. The second-order valence-corrected chi connectivity index (χ2v) is 8.17. The van der Waals surface area contributed by atoms with E-state index in [9.17, 15) is 4.79 Å². The van der Waals surface area contributed by atoms with E-state index in [4.69, 9.17) is 4.74 Å². The number of nitrogens with zero attached hydrogens (tertiary/aromatic N) is 1. The number of hydrogen-bond donors (Lipinski definition) is 0. The van der Waals surface area contributed by atoms with Gasteiger partial charge in [0.25, 0.3) is 5.91 Å². The van der Waals surface area contributed by atoms with Crippen LogP contribution in [0.25, 0.3) is 0 Å². The van der Waals surface area contributed by atoms with E-state index in [1.807, 2.05) is 60.4 Å². The molecular formula is C22H22BrNO2. The molecule has 2 aromatic carbocycles. The van der Waals surface area contributed by atoms with E-state index in [0.29, 0.717) is 13.0 Å². The normalized spacial score (nSPS) is 25.2. The topological polar surface area (TPSA) is 29.5 Å². The van der Waals surface area contributed by atoms with Gasteiger partial charge in [-0.1, -0.05) is 57.9 Å². The van der Waals surface area contributed by atoms with E-state index >= 15 is 0 Å². The predicted octanol–water partition coefficient (Wildman–Crippen LogP) is 5.34. The number of ether oxygens (including phenoxy) is 1. The maximum Gasteiger partial charge on any atom is 0.264 e. The van der Waals surface area contributed by atoms with Crippen molar-refractivity contribution in [2.24, 2.45) is 0 Å². The molecule has 0 fully saturated rings. The lowest BCUT2D eigenvalue weighted by Crippen LogP contribution is -2.43. The van der Waals surface area contributed by atoms with Crippen LogP contribution in [0, 0.1) is 0 Å². The minimum absolute atomic E-state index is 0.0112. The fourth-order valence-corrected chi connectivity index (χ4v) is 4.24. The number of carbonyl (C=O) groups is 1. The molecule has 134 valence electrons. The molecule has 0 saturated heterocycles. The van der Waals surface area contributed by atoms with E-state index in [0.717, 1.165) is 27.7 Å². The highest BCUT2D eigenvalue weighted by molar-refractivity contribution is 9.10. The first-order chi connectivity index (χ1) is 12.5. The fourth-order valence-electron chi connectivity index (χ4n) is 3.97. The highest BCUT2D eigenvalue weighted by Crippen LogP contribution is 2.48. The highest BCUT2D eigenvalue weighted by Gasteiger charge is 2.53. The maximum absolute atomic E-state index is 13.6. The molecule has 2 heterocycles. The second kappa shape index (κ2) is 6.67. The van der Waals surface area contributed by atoms with Gasteiger partial charge in [0.1, 0.15) is 0 Å². The van der Waals surface area contributed by atoms with Crippen molar-refractivity contribution in [1.29, 1.82) is 0 Å². The van der Waals surface area contributed by atoms with Gasteiger partial charge >= 0.3 is 0 Å². The van der Waals surface area contributed by atoms with Crippen LogP contribution in [-0.4, -0.2) is 12.0 Å². The molecule has 1 amide bonds. The van der Waals surface area contributed by atoms with Crippen molar-refractivity contribution in [3.05, 3.63) is 75.8 Å². The average molecular weight is 412 g/mol. The SMILES string of the molecule is CC1=CCC(C)OC2(C1)C(=O)N(Cc1ccc(Br)cc1)c1ccccc12. The highest BCUT2D eigenvalue weighted by atomic mass is 79.9. The molecule has 3 nitrogen and oxygen atoms in total. The lowest BCUT2D eigenvalue weighted by Gasteiger charge is -2.30. The third-order valence-corrected chi connectivity index (χ3v) is 5.73. The number of para-hydroxylation sites is 1. The third kappa shape index (κ3) is 2.91. The second-order valence-electron chi connectivity index (χ2n) is 7.25. The van der Waals surface area contributed by atoms with Gasteiger partial charge in [0.15, 0.2) is 5.60 Å². The fraction of sp³-hybridized carbons (Fsp3) is 0.318. The van der Waals surface area contributed by atoms with Crippen LogP contribution in [0.3, 0.4) is 0 Å². The van der Waals surface area contributed by atoms with E-state index in [-0.39, 0.29) is 12.0 Å². The Balaban J connectivity index is 1.77. The Morgan fingerprint density at radius 2 is 1.92 bits per heavy atom. The summed E-state index contributed by atoms with van der Waals surface area (Å²) in [7, 11) is 0. The smallest absolute Gasteiger partial charge is 0.264 e. The Morgan fingerprint density at radius 3 is 2.69 bits per heavy atom. The molecular weight excluding hydrogens is 390 g/mol. The number of benzene rings is 2. The molecule has 0 aliphatic carbocycles. The van der Waals surface area contributed by atoms with Gasteiger partial charge in [0.05, 0.1) is 18.3 Å². The molecule has 2 aliphatic heterocycles. The molecule has 2 atom stereocenters. The summed E-state index contributed by atoms with van der Waals surface area (Å²) in [5, 5.41) is 0. The van der Waals surface area contributed by atoms with Crippen molar-refractivity contribution >= 4 is 27.5 Å². The summed E-state index contributed by atoms with van der Waals surface area (Å²) >= 11 is 3.47. The largest absolute Gasteiger partial charge is 0.357 e. The van der Waals surface area contributed by atoms with Crippen LogP contribution in [-0.2, 0) is 21.7 Å². The van der Waals surface area contributed by atoms with Gasteiger partial charge in [-0.15, -0.1) is 0 Å². The van der Waals surface area contributed by atoms with Crippen molar-refractivity contribution in [2.45, 2.75) is 44.9 Å². The molecule has 4 heteroatoms. The molecule has 0 N–H and O–H groups in total. The van der Waals surface area contributed by atoms with Crippen molar-refractivity contribution < 1.29 is 9.53 Å². The number of fused-ring (bicyclic) bond motifs is 2. The molecule has 2 aliphatic rings. The molecule has 0 saturated carbocycles. The Morgan fingerprint density at radius 1 is 1.19 bits per heavy atom. The zero-order valence-electron chi connectivity index (χ0n) is 15.0. The quantitative estimate of drug-likeness (QED) is 0.624. The average Bonchev–Trinajstić information content (AvgIpc) is 2.75. The predicted molar refractivity (Wildman–Crippen MR) is 107 cm³/mol. The zero-order valence-corrected chi connectivity index (χ0v) is 16.6. The summed E-state index contributed by atoms with van der Waals surface area (Å²) in [4.78, 5) is 15.5. The van der Waals surface area contributed by atoms with Gasteiger partial charge in [0, 0.05) is 16.5 Å². The van der Waals surface area contributed by atoms with E-state index < -0.39 is 5.60 Å². The lowest BCUT2D eigenvalue weighted by molar-refractivity contribution is -0.150. The van der Waals surface area contributed by atoms with Crippen LogP contribution in [0.4, 0.5) is 5.69 Å². The molecule has 2 unspecified atom stereocenters. The minimum Gasteiger partial charge on any atom is -0.357 e. The Bertz CT molecular complexity index is 874. The minimum atomic E-state index is -0.900. The van der Waals surface area contributed by atoms with Gasteiger partial charge < -0.3 is 9.64 Å². The van der Waals surface area contributed by atoms with Crippen molar-refractivity contribution in [1.82, 2.24) is 0 Å². The monoisotopic (exact) mass is 411 g/mol. The van der Waals surface area contributed by atoms with Crippen molar-refractivity contribution in [3.63, 3.8) is 0 Å². The number of carbonyl (C=O) groups excluding carboxylic acids is 1. The first-order valence-corrected chi connectivity index (χ1v) is 9.78. The number of halogens is 1. The summed E-state index contributed by atoms with van der Waals surface area (Å²) in [6.07, 6.45) is 3.67. The van der Waals surface area contributed by atoms with Crippen molar-refractivity contribution in [3.8, 4) is 0 Å². The van der Waals surface area contributed by atoms with E-state index in [1.165, 1.54) is 5.57 Å². The van der Waals surface area contributed by atoms with Crippen LogP contribution in [0.15, 0.2) is 64.7 Å². The van der Waals surface area contributed by atoms with Crippen LogP contribution in [0.1, 0.15) is 37.8 Å².